The largest absolute Gasteiger partial charge is 0.481 e. The van der Waals surface area contributed by atoms with Gasteiger partial charge in [0.2, 0.25) is 82.7 Å². The molecule has 43 heteroatoms. The van der Waals surface area contributed by atoms with Crippen molar-refractivity contribution in [1.29, 1.82) is 0 Å². The first kappa shape index (κ1) is 94.7. The van der Waals surface area contributed by atoms with Crippen LogP contribution in [0.5, 0.6) is 0 Å². The Bertz CT molecular complexity index is 4040. The van der Waals surface area contributed by atoms with Crippen molar-refractivity contribution in [1.82, 2.24) is 74.1 Å². The van der Waals surface area contributed by atoms with E-state index in [-0.39, 0.29) is 43.5 Å². The standard InChI is InChI=1S/C72H101N17O26/c1-5-6-7-8-9-10-11-22-53(93)81-44(25-38-31-76-42-20-15-13-17-39(38)42)66(108)84-45(27-52(75)92)67(109)86-48(30-59(102)103)68(110)89-61-37(4)115-72(114)49(26-51(91)40-18-12-14-19-41(40)74)87-71(113)60(35(2)24-56(96)97)88-69(111)50(34-90)82-55(95)32-77-63(105)46(28-57(98)99)83-62(104)36(3)79-65(107)47(29-58(100)101)85-64(106)43(21-16-23-73)80-54(94)33-78-70(61)112/h12-15,17-20,31,35-37,43-50,60-61,76,90H,5-11,16,21-30,32-34,73-74H2,1-4H3,(H2,75,92)(H,77,105)(H,78,112)(H,79,107)(H,80,94)(H,81,93)(H,82,95)(H,83,104)(H,84,108)(H,85,106)(H,86,109)(H,87,113)(H,88,111)(H,89,110)(H,96,97)(H,98,99)(H,100,101)(H,102,103)/p+1/t35-,36-,37-,43+,44+,45-,46+,47+,48+,49+,50-,60+,61+/m1/s1. The first-order valence-electron chi connectivity index (χ1n) is 36.9. The fraction of sp³-hybridized carbons (Fsp3) is 0.528. The number of Topliss-reactive ketones (excluding diaryl/α,β-unsaturated/α-hetero) is 1. The number of quaternary nitrogens is 1. The fourth-order valence-electron chi connectivity index (χ4n) is 11.8. The Morgan fingerprint density at radius 3 is 1.70 bits per heavy atom. The molecule has 1 aliphatic heterocycles. The normalized spacial score (nSPS) is 21.2. The van der Waals surface area contributed by atoms with Gasteiger partial charge in [-0.25, -0.2) is 4.79 Å². The Morgan fingerprint density at radius 2 is 1.10 bits per heavy atom. The molecule has 2 aromatic carbocycles. The van der Waals surface area contributed by atoms with Gasteiger partial charge >= 0.3 is 29.8 Å². The van der Waals surface area contributed by atoms with Gasteiger partial charge in [0.05, 0.1) is 58.3 Å². The first-order valence-corrected chi connectivity index (χ1v) is 36.9. The number of para-hydroxylation sites is 2. The van der Waals surface area contributed by atoms with E-state index in [2.05, 4.69) is 70.8 Å². The van der Waals surface area contributed by atoms with Gasteiger partial charge < -0.3 is 122 Å². The summed E-state index contributed by atoms with van der Waals surface area (Å²) in [5.41, 5.74) is 16.1. The maximum Gasteiger partial charge on any atom is 0.329 e. The quantitative estimate of drug-likeness (QED) is 0.0113. The van der Waals surface area contributed by atoms with Gasteiger partial charge in [-0.15, -0.1) is 0 Å². The van der Waals surface area contributed by atoms with Crippen molar-refractivity contribution in [3.05, 3.63) is 65.9 Å². The molecule has 26 N–H and O–H groups in total. The molecule has 0 unspecified atom stereocenters. The molecule has 43 nitrogen and oxygen atoms in total. The van der Waals surface area contributed by atoms with Crippen molar-refractivity contribution < 1.29 is 132 Å². The lowest BCUT2D eigenvalue weighted by Crippen LogP contribution is -2.62. The second-order valence-electron chi connectivity index (χ2n) is 27.3. The summed E-state index contributed by atoms with van der Waals surface area (Å²) in [4.78, 5) is 276. The Kier molecular flexibility index (Phi) is 39.2. The van der Waals surface area contributed by atoms with E-state index in [4.69, 9.17) is 16.2 Å². The van der Waals surface area contributed by atoms with E-state index >= 15 is 0 Å². The number of primary amides is 1. The number of aromatic amines is 1. The highest BCUT2D eigenvalue weighted by molar-refractivity contribution is 6.05. The van der Waals surface area contributed by atoms with Gasteiger partial charge in [-0.2, -0.15) is 0 Å². The number of benzene rings is 2. The highest BCUT2D eigenvalue weighted by Gasteiger charge is 2.41. The van der Waals surface area contributed by atoms with Crippen LogP contribution in [0.25, 0.3) is 10.9 Å². The first-order chi connectivity index (χ1) is 54.4. The minimum atomic E-state index is -2.44. The van der Waals surface area contributed by atoms with Crippen molar-refractivity contribution in [2.45, 2.75) is 209 Å². The minimum Gasteiger partial charge on any atom is -0.481 e. The number of anilines is 1. The van der Waals surface area contributed by atoms with E-state index in [0.29, 0.717) is 29.3 Å². The molecule has 630 valence electrons. The monoisotopic (exact) mass is 1620 g/mol. The molecule has 0 saturated carbocycles. The van der Waals surface area contributed by atoms with Crippen LogP contribution in [0.4, 0.5) is 5.69 Å². The van der Waals surface area contributed by atoms with E-state index in [1.54, 1.807) is 30.5 Å². The number of carboxylic acids is 4. The molecule has 0 aliphatic carbocycles. The maximum atomic E-state index is 14.8. The Balaban J connectivity index is 1.87. The summed E-state index contributed by atoms with van der Waals surface area (Å²) in [5.74, 6) is -29.6. The molecule has 1 saturated heterocycles. The number of nitrogens with one attached hydrogen (secondary N) is 14. The minimum absolute atomic E-state index is 0.0167. The average molecular weight is 1620 g/mol. The lowest BCUT2D eigenvalue weighted by molar-refractivity contribution is -0.368. The number of hydrogen-bond donors (Lipinski definition) is 22. The SMILES string of the molecule is CCCCCCCCCC(=O)N[C@@H](Cc1c[nH]c2ccccc12)C(=O)N[C@H](CC(N)=O)C(=O)N[C@@H](CC(=O)O)C(=O)N[C@@H]1C(=O)NCC(=O)N[C@@H](CCC[NH3+])C(=O)N[C@@H](CC(=O)O)C(=O)N[C@H](C)C(=O)N[C@@H](CC(=O)O)C(=O)NCC(=O)N[C@H](CO)C(=O)N[C@@H]([C@H](C)CC(=O)O)C(=O)N[C@@H](CC(=O)c2ccccc2N)C(=O)O[C@@H]1C. The third kappa shape index (κ3) is 32.5. The zero-order valence-electron chi connectivity index (χ0n) is 63.7. The third-order valence-electron chi connectivity index (χ3n) is 17.9. The number of rotatable bonds is 35. The number of nitrogen functional groups attached to an aromatic ring is 1. The summed E-state index contributed by atoms with van der Waals surface area (Å²) in [6, 6.07) is -10.4. The van der Waals surface area contributed by atoms with E-state index < -0.39 is 255 Å². The average Bonchev–Trinajstić information content (AvgIpc) is 1.72. The second-order valence-corrected chi connectivity index (χ2v) is 27.3. The molecule has 2 heterocycles. The molecule has 0 radical (unpaired) electrons. The number of ketones is 1. The molecular weight excluding hydrogens is 1520 g/mol. The molecule has 3 aromatic rings. The summed E-state index contributed by atoms with van der Waals surface area (Å²) in [6.45, 7) is 1.40. The molecule has 13 atom stereocenters. The van der Waals surface area contributed by atoms with Crippen molar-refractivity contribution in [3.8, 4) is 0 Å². The number of esters is 1. The predicted molar refractivity (Wildman–Crippen MR) is 399 cm³/mol. The van der Waals surface area contributed by atoms with Gasteiger partial charge in [-0.05, 0) is 62.8 Å². The Morgan fingerprint density at radius 1 is 0.557 bits per heavy atom. The number of nitrogens with two attached hydrogens (primary N) is 2. The number of aromatic nitrogens is 1. The smallest absolute Gasteiger partial charge is 0.329 e. The van der Waals surface area contributed by atoms with E-state index in [1.165, 1.54) is 24.3 Å². The number of cyclic esters (lactones) is 1. The molecule has 1 aromatic heterocycles. The van der Waals surface area contributed by atoms with Crippen LogP contribution in [-0.2, 0) is 102 Å². The van der Waals surface area contributed by atoms with E-state index in [9.17, 15) is 121 Å². The molecular formula is C72H102N17O26+. The number of carbonyl (C=O) groups excluding carboxylic acids is 16. The maximum absolute atomic E-state index is 14.8. The summed E-state index contributed by atoms with van der Waals surface area (Å²) in [7, 11) is 0. The van der Waals surface area contributed by atoms with Gasteiger partial charge in [-0.1, -0.05) is 82.7 Å². The molecule has 4 rings (SSSR count). The Labute approximate surface area is 657 Å². The highest BCUT2D eigenvalue weighted by Crippen LogP contribution is 2.22. The number of fused-ring (bicyclic) bond motifs is 1. The van der Waals surface area contributed by atoms with Crippen molar-refractivity contribution >= 4 is 135 Å². The molecule has 0 spiro atoms. The number of aliphatic carboxylic acids is 4. The number of carbonyl (C=O) groups is 20. The van der Waals surface area contributed by atoms with Gasteiger partial charge in [-0.3, -0.25) is 91.1 Å². The summed E-state index contributed by atoms with van der Waals surface area (Å²) >= 11 is 0. The van der Waals surface area contributed by atoms with Gasteiger partial charge in [0.15, 0.2) is 5.78 Å². The number of H-pyrrole nitrogens is 1. The van der Waals surface area contributed by atoms with Crippen LogP contribution in [0.15, 0.2) is 54.7 Å². The Hall–Kier alpha value is -12.7. The molecule has 0 bridgehead atoms. The lowest BCUT2D eigenvalue weighted by atomic mass is 9.96. The highest BCUT2D eigenvalue weighted by atomic mass is 16.5. The van der Waals surface area contributed by atoms with Crippen LogP contribution in [-0.4, -0.2) is 248 Å². The number of hydrogen-bond acceptors (Lipinski definition) is 23. The molecule has 1 fully saturated rings. The third-order valence-corrected chi connectivity index (χ3v) is 17.9. The van der Waals surface area contributed by atoms with Gasteiger partial charge in [0, 0.05) is 47.6 Å². The fourth-order valence-corrected chi connectivity index (χ4v) is 11.8. The molecule has 1 aliphatic rings. The van der Waals surface area contributed by atoms with Crippen molar-refractivity contribution in [2.24, 2.45) is 11.7 Å². The zero-order chi connectivity index (χ0) is 85.8. The summed E-state index contributed by atoms with van der Waals surface area (Å²) in [5, 5.41) is 78.8. The summed E-state index contributed by atoms with van der Waals surface area (Å²) < 4.78 is 5.69. The number of aliphatic hydroxyl groups excluding tert-OH is 1. The van der Waals surface area contributed by atoms with Crippen molar-refractivity contribution in [3.63, 3.8) is 0 Å². The van der Waals surface area contributed by atoms with Crippen LogP contribution < -0.4 is 86.3 Å². The molecule has 14 amide bonds. The lowest BCUT2D eigenvalue weighted by Gasteiger charge is -2.30. The number of amides is 14. The van der Waals surface area contributed by atoms with Crippen LogP contribution in [0.1, 0.15) is 146 Å². The van der Waals surface area contributed by atoms with Gasteiger partial charge in [0.25, 0.3) is 0 Å². The van der Waals surface area contributed by atoms with E-state index in [0.717, 1.165) is 52.9 Å². The number of aliphatic hydroxyl groups is 1. The molecule has 115 heavy (non-hydrogen) atoms. The topological polar surface area (TPSA) is 704 Å². The zero-order valence-corrected chi connectivity index (χ0v) is 63.7. The summed E-state index contributed by atoms with van der Waals surface area (Å²) in [6.07, 6.45) is -2.11. The van der Waals surface area contributed by atoms with Gasteiger partial charge in [0.1, 0.15) is 72.6 Å². The second kappa shape index (κ2) is 47.6. The van der Waals surface area contributed by atoms with Crippen LogP contribution in [0.3, 0.4) is 0 Å². The number of carboxylic acid groups (broad SMARTS) is 4. The number of ether oxygens (including phenoxy) is 1. The van der Waals surface area contributed by atoms with Crippen LogP contribution in [0.2, 0.25) is 0 Å². The van der Waals surface area contributed by atoms with Crippen LogP contribution in [0, 0.1) is 5.92 Å². The van der Waals surface area contributed by atoms with Crippen LogP contribution >= 0.6 is 0 Å². The van der Waals surface area contributed by atoms with E-state index in [1.807, 2.05) is 16.0 Å². The van der Waals surface area contributed by atoms with Crippen molar-refractivity contribution in [2.75, 3.05) is 32.0 Å². The predicted octanol–water partition coefficient (Wildman–Crippen LogP) is -6.34. The number of unbranched alkanes of at least 4 members (excludes halogenated alkanes) is 6.